The van der Waals surface area contributed by atoms with Gasteiger partial charge in [-0.25, -0.2) is 18.7 Å². The van der Waals surface area contributed by atoms with Crippen molar-refractivity contribution in [1.82, 2.24) is 24.7 Å². The zero-order valence-corrected chi connectivity index (χ0v) is 16.2. The third-order valence-corrected chi connectivity index (χ3v) is 5.50. The van der Waals surface area contributed by atoms with Gasteiger partial charge in [0.2, 0.25) is 5.95 Å². The Kier molecular flexibility index (Phi) is 4.34. The molecule has 2 bridgehead atoms. The highest BCUT2D eigenvalue weighted by molar-refractivity contribution is 5.49. The Bertz CT molecular complexity index is 1100. The van der Waals surface area contributed by atoms with Crippen LogP contribution in [-0.4, -0.2) is 43.4 Å². The molecule has 1 N–H and O–H groups in total. The summed E-state index contributed by atoms with van der Waals surface area (Å²) in [6.45, 7) is 6.52. The van der Waals surface area contributed by atoms with Crippen LogP contribution >= 0.6 is 0 Å². The molecule has 154 valence electrons. The molecule has 3 aromatic rings. The van der Waals surface area contributed by atoms with Gasteiger partial charge in [-0.15, -0.1) is 5.10 Å². The molecule has 3 unspecified atom stereocenters. The monoisotopic (exact) mass is 411 g/mol. The molecular formula is C20H19F2N7O. The van der Waals surface area contributed by atoms with Crippen LogP contribution in [0, 0.1) is 24.5 Å². The zero-order chi connectivity index (χ0) is 20.8. The number of hydrogen-bond donors (Lipinski definition) is 1. The molecule has 0 spiro atoms. The Morgan fingerprint density at radius 1 is 1.20 bits per heavy atom. The van der Waals surface area contributed by atoms with Crippen molar-refractivity contribution < 1.29 is 13.5 Å². The van der Waals surface area contributed by atoms with Gasteiger partial charge in [-0.2, -0.15) is 9.67 Å². The number of ether oxygens (including phenoxy) is 1. The third kappa shape index (κ3) is 3.23. The van der Waals surface area contributed by atoms with E-state index in [9.17, 15) is 8.78 Å². The second-order valence-corrected chi connectivity index (χ2v) is 7.46. The lowest BCUT2D eigenvalue weighted by molar-refractivity contribution is 0.332. The van der Waals surface area contributed by atoms with E-state index in [4.69, 9.17) is 4.74 Å². The van der Waals surface area contributed by atoms with Crippen LogP contribution < -0.4 is 15.0 Å². The predicted molar refractivity (Wildman–Crippen MR) is 106 cm³/mol. The number of benzene rings is 1. The normalized spacial score (nSPS) is 22.0. The largest absolute Gasteiger partial charge is 0.424 e. The first kappa shape index (κ1) is 18.5. The van der Waals surface area contributed by atoms with E-state index in [0.29, 0.717) is 11.9 Å². The van der Waals surface area contributed by atoms with Crippen molar-refractivity contribution in [3.05, 3.63) is 54.5 Å². The average molecular weight is 411 g/mol. The third-order valence-electron chi connectivity index (χ3n) is 5.50. The lowest BCUT2D eigenvalue weighted by atomic mass is 9.80. The first-order valence-electron chi connectivity index (χ1n) is 9.55. The number of anilines is 2. The molecule has 10 heteroatoms. The number of fused-ring (bicyclic) bond motifs is 1. The molecule has 2 saturated heterocycles. The Morgan fingerprint density at radius 3 is 2.73 bits per heavy atom. The minimum atomic E-state index is -0.737. The standard InChI is InChI=1S/C20H19F2N7O/c1-3-29-20(30-15-7-13(21)6-14(22)8-15)26-19(27-29)25-18-12-5-16(18)28(9-12)17-4-11(2)23-10-24-17/h3-4,6-8,10,12,16,18H,1,5,9H2,2H3,(H,25,27). The molecule has 1 aliphatic carbocycles. The van der Waals surface area contributed by atoms with Crippen LogP contribution in [0.15, 0.2) is 37.2 Å². The Labute approximate surface area is 171 Å². The molecule has 3 aliphatic rings. The summed E-state index contributed by atoms with van der Waals surface area (Å²) in [5.41, 5.74) is 0.926. The maximum absolute atomic E-state index is 13.4. The van der Waals surface area contributed by atoms with Gasteiger partial charge < -0.3 is 15.0 Å². The van der Waals surface area contributed by atoms with E-state index >= 15 is 0 Å². The molecule has 0 radical (unpaired) electrons. The highest BCUT2D eigenvalue weighted by Crippen LogP contribution is 2.44. The van der Waals surface area contributed by atoms with Crippen LogP contribution in [0.4, 0.5) is 20.5 Å². The summed E-state index contributed by atoms with van der Waals surface area (Å²) in [5, 5.41) is 7.67. The van der Waals surface area contributed by atoms with E-state index in [1.54, 1.807) is 6.33 Å². The summed E-state index contributed by atoms with van der Waals surface area (Å²) in [6.07, 6.45) is 4.05. The van der Waals surface area contributed by atoms with Crippen LogP contribution in [-0.2, 0) is 0 Å². The number of aromatic nitrogens is 5. The topological polar surface area (TPSA) is 81.0 Å². The van der Waals surface area contributed by atoms with Crippen molar-refractivity contribution in [2.75, 3.05) is 16.8 Å². The Morgan fingerprint density at radius 2 is 2.00 bits per heavy atom. The predicted octanol–water partition coefficient (Wildman–Crippen LogP) is 3.24. The van der Waals surface area contributed by atoms with Gasteiger partial charge >= 0.3 is 6.01 Å². The van der Waals surface area contributed by atoms with Crippen LogP contribution in [0.5, 0.6) is 11.8 Å². The number of nitrogens with one attached hydrogen (secondary N) is 1. The van der Waals surface area contributed by atoms with E-state index in [0.717, 1.165) is 42.7 Å². The molecule has 0 amide bonds. The van der Waals surface area contributed by atoms with Gasteiger partial charge in [0.1, 0.15) is 29.5 Å². The second kappa shape index (κ2) is 7.05. The second-order valence-electron chi connectivity index (χ2n) is 7.46. The van der Waals surface area contributed by atoms with Crippen LogP contribution in [0.2, 0.25) is 0 Å². The summed E-state index contributed by atoms with van der Waals surface area (Å²) in [7, 11) is 0. The molecule has 4 heterocycles. The minimum Gasteiger partial charge on any atom is -0.424 e. The first-order valence-corrected chi connectivity index (χ1v) is 9.55. The Hall–Kier alpha value is -3.56. The lowest BCUT2D eigenvalue weighted by Gasteiger charge is -2.36. The van der Waals surface area contributed by atoms with Crippen molar-refractivity contribution in [2.45, 2.75) is 25.4 Å². The van der Waals surface area contributed by atoms with Crippen LogP contribution in [0.3, 0.4) is 0 Å². The van der Waals surface area contributed by atoms with Gasteiger partial charge in [0.25, 0.3) is 0 Å². The van der Waals surface area contributed by atoms with E-state index in [-0.39, 0.29) is 23.8 Å². The molecular weight excluding hydrogens is 392 g/mol. The number of rotatable bonds is 6. The van der Waals surface area contributed by atoms with Crippen molar-refractivity contribution in [3.63, 3.8) is 0 Å². The van der Waals surface area contributed by atoms with Crippen molar-refractivity contribution in [3.8, 4) is 11.8 Å². The average Bonchev–Trinajstić information content (AvgIpc) is 3.38. The molecule has 6 rings (SSSR count). The fourth-order valence-corrected chi connectivity index (χ4v) is 4.09. The summed E-state index contributed by atoms with van der Waals surface area (Å²) in [6, 6.07) is 5.41. The van der Waals surface area contributed by atoms with Gasteiger partial charge in [0.05, 0.1) is 12.1 Å². The van der Waals surface area contributed by atoms with Crippen molar-refractivity contribution >= 4 is 18.0 Å². The van der Waals surface area contributed by atoms with Gasteiger partial charge in [-0.1, -0.05) is 6.58 Å². The van der Waals surface area contributed by atoms with Gasteiger partial charge in [-0.3, -0.25) is 0 Å². The number of halogens is 2. The highest BCUT2D eigenvalue weighted by Gasteiger charge is 2.53. The maximum atomic E-state index is 13.4. The van der Waals surface area contributed by atoms with Gasteiger partial charge in [0, 0.05) is 48.6 Å². The van der Waals surface area contributed by atoms with E-state index in [2.05, 4.69) is 36.8 Å². The molecule has 3 atom stereocenters. The van der Waals surface area contributed by atoms with Gasteiger partial charge in [-0.05, 0) is 13.3 Å². The van der Waals surface area contributed by atoms with E-state index in [1.165, 1.54) is 10.9 Å². The fourth-order valence-electron chi connectivity index (χ4n) is 4.09. The molecule has 1 aromatic carbocycles. The maximum Gasteiger partial charge on any atom is 0.326 e. The quantitative estimate of drug-likeness (QED) is 0.667. The molecule has 8 nitrogen and oxygen atoms in total. The zero-order valence-electron chi connectivity index (χ0n) is 16.2. The Balaban J connectivity index is 1.32. The molecule has 30 heavy (non-hydrogen) atoms. The summed E-state index contributed by atoms with van der Waals surface area (Å²) in [5.74, 6) is 0.243. The first-order chi connectivity index (χ1) is 14.5. The molecule has 3 fully saturated rings. The van der Waals surface area contributed by atoms with Crippen LogP contribution in [0.1, 0.15) is 12.1 Å². The van der Waals surface area contributed by atoms with E-state index in [1.807, 2.05) is 13.0 Å². The van der Waals surface area contributed by atoms with Crippen LogP contribution in [0.25, 0.3) is 6.20 Å². The van der Waals surface area contributed by atoms with E-state index < -0.39 is 11.6 Å². The smallest absolute Gasteiger partial charge is 0.326 e. The minimum absolute atomic E-state index is 0.0106. The highest BCUT2D eigenvalue weighted by atomic mass is 19.1. The number of aryl methyl sites for hydroxylation is 1. The van der Waals surface area contributed by atoms with Crippen molar-refractivity contribution in [2.24, 2.45) is 5.92 Å². The SMILES string of the molecule is C=Cn1nc(NC2C3CC2N(c2cc(C)ncn2)C3)nc1Oc1cc(F)cc(F)c1. The molecule has 2 aliphatic heterocycles. The lowest BCUT2D eigenvalue weighted by Crippen LogP contribution is -2.49. The fraction of sp³-hybridized carbons (Fsp3) is 0.300. The summed E-state index contributed by atoms with van der Waals surface area (Å²) in [4.78, 5) is 15.1. The van der Waals surface area contributed by atoms with Crippen molar-refractivity contribution in [1.29, 1.82) is 0 Å². The molecule has 2 aromatic heterocycles. The van der Waals surface area contributed by atoms with Gasteiger partial charge in [0.15, 0.2) is 0 Å². The summed E-state index contributed by atoms with van der Waals surface area (Å²) < 4.78 is 33.7. The number of hydrogen-bond acceptors (Lipinski definition) is 7. The summed E-state index contributed by atoms with van der Waals surface area (Å²) >= 11 is 0. The number of nitrogens with zero attached hydrogens (tertiary/aromatic N) is 6. The molecule has 1 saturated carbocycles.